The first-order chi connectivity index (χ1) is 31.8. The van der Waals surface area contributed by atoms with Crippen LogP contribution in [0.15, 0.2) is 122 Å². The second-order valence-corrected chi connectivity index (χ2v) is 16.9. The van der Waals surface area contributed by atoms with Gasteiger partial charge >= 0.3 is 0 Å². The maximum atomic E-state index is 12.9. The molecule has 1 fully saturated rings. The van der Waals surface area contributed by atoms with E-state index in [9.17, 15) is 30.3 Å². The highest BCUT2D eigenvalue weighted by atomic mass is 16.7. The van der Waals surface area contributed by atoms with Gasteiger partial charge in [0.05, 0.1) is 25.4 Å². The van der Waals surface area contributed by atoms with Gasteiger partial charge in [0.15, 0.2) is 6.29 Å². The lowest BCUT2D eigenvalue weighted by atomic mass is 9.99. The van der Waals surface area contributed by atoms with Gasteiger partial charge < -0.3 is 40.3 Å². The van der Waals surface area contributed by atoms with Crippen LogP contribution in [-0.4, -0.2) is 87.5 Å². The maximum absolute atomic E-state index is 12.9. The number of aliphatic hydroxyl groups is 5. The first-order valence-corrected chi connectivity index (χ1v) is 25.2. The van der Waals surface area contributed by atoms with E-state index >= 15 is 0 Å². The summed E-state index contributed by atoms with van der Waals surface area (Å²) in [6.07, 6.45) is 59.6. The Kier molecular flexibility index (Phi) is 40.7. The summed E-state index contributed by atoms with van der Waals surface area (Å²) >= 11 is 0. The fourth-order valence-corrected chi connectivity index (χ4v) is 7.07. The first kappa shape index (κ1) is 59.6. The van der Waals surface area contributed by atoms with Crippen molar-refractivity contribution in [3.05, 3.63) is 122 Å². The molecule has 1 rings (SSSR count). The smallest absolute Gasteiger partial charge is 0.220 e. The van der Waals surface area contributed by atoms with Crippen molar-refractivity contribution in [3.63, 3.8) is 0 Å². The fourth-order valence-electron chi connectivity index (χ4n) is 7.07. The SMILES string of the molecule is CC/C=C\C/C=C\C/C=C\C/C=C\C/C=C\C/C=C\C/C=C\C/C=C\C/C=C\C/C=C\CCCCCCC(=O)NC(COC1OC(CO)C(O)C(O)C1O)C(O)CCCCCCCCC. The van der Waals surface area contributed by atoms with Gasteiger partial charge in [0, 0.05) is 6.42 Å². The zero-order chi connectivity index (χ0) is 47.3. The summed E-state index contributed by atoms with van der Waals surface area (Å²) in [7, 11) is 0. The van der Waals surface area contributed by atoms with Gasteiger partial charge in [0.25, 0.3) is 0 Å². The average Bonchev–Trinajstić information content (AvgIpc) is 3.31. The summed E-state index contributed by atoms with van der Waals surface area (Å²) in [6.45, 7) is 3.62. The molecule has 7 atom stereocenters. The van der Waals surface area contributed by atoms with Gasteiger partial charge in [-0.1, -0.05) is 193 Å². The summed E-state index contributed by atoms with van der Waals surface area (Å²) in [5.74, 6) is -0.180. The van der Waals surface area contributed by atoms with Crippen LogP contribution in [0.3, 0.4) is 0 Å². The molecule has 0 radical (unpaired) electrons. The van der Waals surface area contributed by atoms with Gasteiger partial charge in [-0.3, -0.25) is 4.79 Å². The minimum absolute atomic E-state index is 0.158. The zero-order valence-electron chi connectivity index (χ0n) is 40.4. The van der Waals surface area contributed by atoms with Gasteiger partial charge in [0.2, 0.25) is 5.91 Å². The minimum Gasteiger partial charge on any atom is -0.394 e. The first-order valence-electron chi connectivity index (χ1n) is 25.2. The van der Waals surface area contributed by atoms with E-state index in [1.807, 2.05) is 0 Å². The molecule has 0 aliphatic carbocycles. The number of amides is 1. The summed E-state index contributed by atoms with van der Waals surface area (Å²) in [6, 6.07) is -0.738. The molecule has 0 bridgehead atoms. The molecule has 0 saturated carbocycles. The van der Waals surface area contributed by atoms with E-state index in [1.165, 1.54) is 25.7 Å². The van der Waals surface area contributed by atoms with Crippen molar-refractivity contribution in [2.45, 2.75) is 211 Å². The van der Waals surface area contributed by atoms with E-state index in [4.69, 9.17) is 9.47 Å². The predicted octanol–water partition coefficient (Wildman–Crippen LogP) is 11.6. The quantitative estimate of drug-likeness (QED) is 0.0263. The highest BCUT2D eigenvalue weighted by molar-refractivity contribution is 5.76. The normalized spacial score (nSPS) is 21.0. The number of nitrogens with one attached hydrogen (secondary N) is 1. The Balaban J connectivity index is 2.18. The number of aliphatic hydroxyl groups excluding tert-OH is 5. The van der Waals surface area contributed by atoms with Crippen LogP contribution < -0.4 is 5.32 Å². The topological polar surface area (TPSA) is 149 Å². The third-order valence-corrected chi connectivity index (χ3v) is 11.1. The van der Waals surface area contributed by atoms with Crippen LogP contribution in [0.2, 0.25) is 0 Å². The Morgan fingerprint density at radius 2 is 0.954 bits per heavy atom. The lowest BCUT2D eigenvalue weighted by Crippen LogP contribution is -2.60. The van der Waals surface area contributed by atoms with Crippen molar-refractivity contribution >= 4 is 5.91 Å². The Hall–Kier alpha value is -3.41. The lowest BCUT2D eigenvalue weighted by molar-refractivity contribution is -0.302. The summed E-state index contributed by atoms with van der Waals surface area (Å²) in [5, 5.41) is 54.1. The molecule has 1 heterocycles. The molecule has 6 N–H and O–H groups in total. The molecule has 0 aromatic rings. The molecule has 0 spiro atoms. The van der Waals surface area contributed by atoms with Crippen LogP contribution in [0.4, 0.5) is 0 Å². The summed E-state index contributed by atoms with van der Waals surface area (Å²) in [5.41, 5.74) is 0. The number of carbonyl (C=O) groups excluding carboxylic acids is 1. The average molecular weight is 906 g/mol. The van der Waals surface area contributed by atoms with Crippen molar-refractivity contribution in [2.24, 2.45) is 0 Å². The molecular formula is C56H91NO8. The van der Waals surface area contributed by atoms with Gasteiger partial charge in [-0.2, -0.15) is 0 Å². The Labute approximate surface area is 395 Å². The van der Waals surface area contributed by atoms with Crippen LogP contribution in [0.5, 0.6) is 0 Å². The number of ether oxygens (including phenoxy) is 2. The molecule has 0 aromatic carbocycles. The fraction of sp³-hybridized carbons (Fsp3) is 0.625. The van der Waals surface area contributed by atoms with Crippen molar-refractivity contribution < 1.29 is 39.8 Å². The van der Waals surface area contributed by atoms with E-state index in [0.29, 0.717) is 12.8 Å². The van der Waals surface area contributed by atoms with E-state index in [-0.39, 0.29) is 12.5 Å². The molecule has 65 heavy (non-hydrogen) atoms. The molecular weight excluding hydrogens is 815 g/mol. The van der Waals surface area contributed by atoms with Crippen LogP contribution in [0, 0.1) is 0 Å². The highest BCUT2D eigenvalue weighted by Crippen LogP contribution is 2.23. The van der Waals surface area contributed by atoms with Crippen molar-refractivity contribution in [3.8, 4) is 0 Å². The van der Waals surface area contributed by atoms with E-state index in [2.05, 4.69) is 141 Å². The van der Waals surface area contributed by atoms with Crippen LogP contribution in [0.1, 0.15) is 168 Å². The molecule has 1 aliphatic heterocycles. The number of carbonyl (C=O) groups is 1. The second kappa shape index (κ2) is 44.4. The van der Waals surface area contributed by atoms with Crippen LogP contribution >= 0.6 is 0 Å². The third-order valence-electron chi connectivity index (χ3n) is 11.1. The highest BCUT2D eigenvalue weighted by Gasteiger charge is 2.44. The lowest BCUT2D eigenvalue weighted by Gasteiger charge is -2.40. The Bertz CT molecular complexity index is 1420. The van der Waals surface area contributed by atoms with Crippen molar-refractivity contribution in [1.82, 2.24) is 5.32 Å². The van der Waals surface area contributed by atoms with Crippen LogP contribution in [-0.2, 0) is 14.3 Å². The molecule has 1 amide bonds. The molecule has 7 unspecified atom stereocenters. The number of hydrogen-bond acceptors (Lipinski definition) is 8. The number of unbranched alkanes of at least 4 members (excludes halogenated alkanes) is 10. The van der Waals surface area contributed by atoms with Gasteiger partial charge in [-0.05, 0) is 89.9 Å². The van der Waals surface area contributed by atoms with Gasteiger partial charge in [-0.15, -0.1) is 0 Å². The summed E-state index contributed by atoms with van der Waals surface area (Å²) in [4.78, 5) is 12.9. The minimum atomic E-state index is -1.56. The number of hydrogen-bond donors (Lipinski definition) is 6. The number of rotatable bonds is 40. The number of allylic oxidation sites excluding steroid dienone is 20. The van der Waals surface area contributed by atoms with Gasteiger partial charge in [-0.25, -0.2) is 0 Å². The van der Waals surface area contributed by atoms with Crippen molar-refractivity contribution in [1.29, 1.82) is 0 Å². The largest absolute Gasteiger partial charge is 0.394 e. The zero-order valence-corrected chi connectivity index (χ0v) is 40.4. The van der Waals surface area contributed by atoms with E-state index < -0.39 is 49.5 Å². The second-order valence-electron chi connectivity index (χ2n) is 16.9. The molecule has 9 nitrogen and oxygen atoms in total. The molecule has 1 aliphatic rings. The molecule has 1 saturated heterocycles. The monoisotopic (exact) mass is 906 g/mol. The maximum Gasteiger partial charge on any atom is 0.220 e. The Morgan fingerprint density at radius 3 is 1.42 bits per heavy atom. The molecule has 9 heteroatoms. The van der Waals surface area contributed by atoms with Gasteiger partial charge in [0.1, 0.15) is 24.4 Å². The van der Waals surface area contributed by atoms with E-state index in [0.717, 1.165) is 116 Å². The van der Waals surface area contributed by atoms with Crippen molar-refractivity contribution in [2.75, 3.05) is 13.2 Å². The standard InChI is InChI=1S/C56H91NO8/c1-3-5-7-9-11-12-13-14-15-16-17-18-19-20-21-22-23-24-25-26-27-28-29-30-31-32-33-34-35-36-37-38-40-42-44-46-52(60)57-49(50(59)45-43-41-39-10-8-6-4-2)48-64-56-55(63)54(62)53(61)51(47-58)65-56/h5,7,11-12,14-15,17-18,20-21,23-24,26-27,29-30,32-33,35-36,49-51,53-56,58-59,61-63H,3-4,6,8-10,13,16,19,22,25,28,31,34,37-48H2,1-2H3,(H,57,60)/b7-5-,12-11-,15-14-,18-17-,21-20-,24-23-,27-26-,30-29-,33-32-,36-35-. The van der Waals surface area contributed by atoms with Crippen LogP contribution in [0.25, 0.3) is 0 Å². The van der Waals surface area contributed by atoms with E-state index in [1.54, 1.807) is 0 Å². The molecule has 0 aromatic heterocycles. The molecule has 368 valence electrons. The predicted molar refractivity (Wildman–Crippen MR) is 271 cm³/mol. The Morgan fingerprint density at radius 1 is 0.538 bits per heavy atom. The summed E-state index contributed by atoms with van der Waals surface area (Å²) < 4.78 is 11.2. The third kappa shape index (κ3) is 34.5.